The van der Waals surface area contributed by atoms with E-state index in [9.17, 15) is 9.18 Å². The summed E-state index contributed by atoms with van der Waals surface area (Å²) in [4.78, 5) is 16.1. The third-order valence-corrected chi connectivity index (χ3v) is 3.62. The van der Waals surface area contributed by atoms with Gasteiger partial charge in [0, 0.05) is 29.5 Å². The monoisotopic (exact) mass is 317 g/mol. The molecule has 0 saturated heterocycles. The Morgan fingerprint density at radius 2 is 2.09 bits per heavy atom. The number of rotatable bonds is 5. The van der Waals surface area contributed by atoms with E-state index in [1.165, 1.54) is 24.3 Å². The number of anilines is 1. The normalized spacial score (nSPS) is 10.6. The summed E-state index contributed by atoms with van der Waals surface area (Å²) < 4.78 is 17.9. The molecule has 112 valence electrons. The fourth-order valence-electron chi connectivity index (χ4n) is 1.84. The number of benzene rings is 1. The molecule has 0 bridgehead atoms. The lowest BCUT2D eigenvalue weighted by molar-refractivity contribution is -0.116. The predicted octanol–water partition coefficient (Wildman–Crippen LogP) is 3.51. The number of nitrogens with one attached hydrogen (secondary N) is 1. The van der Waals surface area contributed by atoms with Crippen LogP contribution in [-0.2, 0) is 11.2 Å². The molecule has 0 atom stereocenters. The summed E-state index contributed by atoms with van der Waals surface area (Å²) in [6.45, 7) is 0. The summed E-state index contributed by atoms with van der Waals surface area (Å²) in [6.07, 6.45) is 0.562. The fraction of sp³-hybridized carbons (Fsp3) is 0.133. The Morgan fingerprint density at radius 3 is 2.82 bits per heavy atom. The van der Waals surface area contributed by atoms with Crippen LogP contribution in [0.5, 0.6) is 0 Å². The van der Waals surface area contributed by atoms with Gasteiger partial charge in [-0.2, -0.15) is 16.3 Å². The number of aromatic nitrogens is 2. The Hall–Kier alpha value is -2.54. The maximum Gasteiger partial charge on any atom is 0.227 e. The second kappa shape index (κ2) is 6.48. The molecule has 1 amide bonds. The quantitative estimate of drug-likeness (QED) is 0.782. The van der Waals surface area contributed by atoms with Crippen LogP contribution < -0.4 is 5.32 Å². The molecule has 2 aromatic heterocycles. The minimum atomic E-state index is -0.343. The SMILES string of the molecule is O=C(CCc1nc(-c2ccsc2)no1)Nc1ccc(F)cc1. The molecular formula is C15H12FN3O2S. The Balaban J connectivity index is 1.54. The summed E-state index contributed by atoms with van der Waals surface area (Å²) >= 11 is 1.55. The van der Waals surface area contributed by atoms with Crippen LogP contribution in [0.25, 0.3) is 11.4 Å². The third kappa shape index (κ3) is 3.56. The van der Waals surface area contributed by atoms with Crippen LogP contribution in [0.2, 0.25) is 0 Å². The van der Waals surface area contributed by atoms with Gasteiger partial charge in [-0.3, -0.25) is 4.79 Å². The Labute approximate surface area is 129 Å². The van der Waals surface area contributed by atoms with Gasteiger partial charge < -0.3 is 9.84 Å². The molecule has 0 unspecified atom stereocenters. The minimum absolute atomic E-state index is 0.193. The van der Waals surface area contributed by atoms with Crippen molar-refractivity contribution >= 4 is 22.9 Å². The number of amides is 1. The van der Waals surface area contributed by atoms with Gasteiger partial charge in [0.15, 0.2) is 0 Å². The highest BCUT2D eigenvalue weighted by molar-refractivity contribution is 7.08. The van der Waals surface area contributed by atoms with E-state index in [-0.39, 0.29) is 18.1 Å². The van der Waals surface area contributed by atoms with Crippen LogP contribution >= 0.6 is 11.3 Å². The van der Waals surface area contributed by atoms with Crippen molar-refractivity contribution in [1.82, 2.24) is 10.1 Å². The highest BCUT2D eigenvalue weighted by Gasteiger charge is 2.11. The Bertz CT molecular complexity index is 753. The second-order valence-corrected chi connectivity index (χ2v) is 5.36. The summed E-state index contributed by atoms with van der Waals surface area (Å²) in [5, 5.41) is 10.4. The number of halogens is 1. The van der Waals surface area contributed by atoms with Crippen molar-refractivity contribution in [3.8, 4) is 11.4 Å². The number of hydrogen-bond acceptors (Lipinski definition) is 5. The number of aryl methyl sites for hydroxylation is 1. The van der Waals surface area contributed by atoms with Crippen molar-refractivity contribution in [3.05, 3.63) is 52.8 Å². The average molecular weight is 317 g/mol. The lowest BCUT2D eigenvalue weighted by atomic mass is 10.2. The van der Waals surface area contributed by atoms with Crippen LogP contribution in [-0.4, -0.2) is 16.0 Å². The van der Waals surface area contributed by atoms with E-state index >= 15 is 0 Å². The summed E-state index contributed by atoms with van der Waals surface area (Å²) in [5.74, 6) is 0.400. The Morgan fingerprint density at radius 1 is 1.27 bits per heavy atom. The molecule has 3 aromatic rings. The van der Waals surface area contributed by atoms with Crippen LogP contribution in [0.4, 0.5) is 10.1 Å². The number of nitrogens with zero attached hydrogens (tertiary/aromatic N) is 2. The molecule has 1 aromatic carbocycles. The zero-order valence-corrected chi connectivity index (χ0v) is 12.3. The zero-order chi connectivity index (χ0) is 15.4. The van der Waals surface area contributed by atoms with E-state index in [1.54, 1.807) is 11.3 Å². The van der Waals surface area contributed by atoms with Crippen molar-refractivity contribution in [2.45, 2.75) is 12.8 Å². The first-order valence-electron chi connectivity index (χ1n) is 6.61. The molecule has 0 saturated carbocycles. The van der Waals surface area contributed by atoms with Crippen molar-refractivity contribution in [2.75, 3.05) is 5.32 Å². The molecule has 22 heavy (non-hydrogen) atoms. The van der Waals surface area contributed by atoms with Crippen molar-refractivity contribution in [2.24, 2.45) is 0 Å². The molecule has 0 aliphatic rings. The van der Waals surface area contributed by atoms with Crippen LogP contribution in [0, 0.1) is 5.82 Å². The molecule has 0 aliphatic carbocycles. The lowest BCUT2D eigenvalue weighted by Gasteiger charge is -2.03. The number of carbonyl (C=O) groups is 1. The topological polar surface area (TPSA) is 68.0 Å². The van der Waals surface area contributed by atoms with Gasteiger partial charge in [0.05, 0.1) is 0 Å². The van der Waals surface area contributed by atoms with Gasteiger partial charge in [0.1, 0.15) is 5.82 Å². The van der Waals surface area contributed by atoms with Gasteiger partial charge in [-0.1, -0.05) is 5.16 Å². The average Bonchev–Trinajstić information content (AvgIpc) is 3.18. The van der Waals surface area contributed by atoms with E-state index in [0.717, 1.165) is 5.56 Å². The van der Waals surface area contributed by atoms with Crippen LogP contribution in [0.1, 0.15) is 12.3 Å². The molecule has 0 aliphatic heterocycles. The smallest absolute Gasteiger partial charge is 0.227 e. The van der Waals surface area contributed by atoms with Gasteiger partial charge in [0.25, 0.3) is 0 Å². The number of carbonyl (C=O) groups excluding carboxylic acids is 1. The lowest BCUT2D eigenvalue weighted by Crippen LogP contribution is -2.12. The second-order valence-electron chi connectivity index (χ2n) is 4.58. The van der Waals surface area contributed by atoms with E-state index in [0.29, 0.717) is 23.8 Å². The van der Waals surface area contributed by atoms with E-state index < -0.39 is 0 Å². The standard InChI is InChI=1S/C15H12FN3O2S/c16-11-1-3-12(4-2-11)17-13(20)5-6-14-18-15(19-21-14)10-7-8-22-9-10/h1-4,7-9H,5-6H2,(H,17,20). The van der Waals surface area contributed by atoms with Gasteiger partial charge in [0.2, 0.25) is 17.6 Å². The summed E-state index contributed by atoms with van der Waals surface area (Å²) in [6, 6.07) is 7.51. The zero-order valence-electron chi connectivity index (χ0n) is 11.5. The molecular weight excluding hydrogens is 305 g/mol. The number of thiophene rings is 1. The first-order valence-corrected chi connectivity index (χ1v) is 7.55. The molecule has 7 heteroatoms. The minimum Gasteiger partial charge on any atom is -0.339 e. The van der Waals surface area contributed by atoms with Crippen molar-refractivity contribution in [1.29, 1.82) is 0 Å². The molecule has 3 rings (SSSR count). The van der Waals surface area contributed by atoms with E-state index in [2.05, 4.69) is 15.5 Å². The fourth-order valence-corrected chi connectivity index (χ4v) is 2.48. The molecule has 5 nitrogen and oxygen atoms in total. The third-order valence-electron chi connectivity index (χ3n) is 2.94. The number of hydrogen-bond donors (Lipinski definition) is 1. The van der Waals surface area contributed by atoms with Crippen molar-refractivity contribution in [3.63, 3.8) is 0 Å². The van der Waals surface area contributed by atoms with Gasteiger partial charge in [-0.25, -0.2) is 4.39 Å². The maximum atomic E-state index is 12.8. The van der Waals surface area contributed by atoms with Gasteiger partial charge in [-0.15, -0.1) is 0 Å². The molecule has 0 radical (unpaired) electrons. The Kier molecular flexibility index (Phi) is 4.24. The highest BCUT2D eigenvalue weighted by Crippen LogP contribution is 2.19. The molecule has 2 heterocycles. The largest absolute Gasteiger partial charge is 0.339 e. The first kappa shape index (κ1) is 14.4. The summed E-state index contributed by atoms with van der Waals surface area (Å²) in [5.41, 5.74) is 1.45. The molecule has 1 N–H and O–H groups in total. The van der Waals surface area contributed by atoms with E-state index in [1.807, 2.05) is 16.8 Å². The van der Waals surface area contributed by atoms with Crippen LogP contribution in [0.3, 0.4) is 0 Å². The van der Waals surface area contributed by atoms with Crippen molar-refractivity contribution < 1.29 is 13.7 Å². The molecule has 0 fully saturated rings. The summed E-state index contributed by atoms with van der Waals surface area (Å²) in [7, 11) is 0. The highest BCUT2D eigenvalue weighted by atomic mass is 32.1. The van der Waals surface area contributed by atoms with Gasteiger partial charge >= 0.3 is 0 Å². The maximum absolute atomic E-state index is 12.8. The van der Waals surface area contributed by atoms with Gasteiger partial charge in [-0.05, 0) is 35.7 Å². The van der Waals surface area contributed by atoms with E-state index in [4.69, 9.17) is 4.52 Å². The first-order chi connectivity index (χ1) is 10.7. The van der Waals surface area contributed by atoms with Crippen LogP contribution in [0.15, 0.2) is 45.6 Å². The predicted molar refractivity (Wildman–Crippen MR) is 81.0 cm³/mol. The molecule has 0 spiro atoms.